The zero-order chi connectivity index (χ0) is 19.6. The molecule has 1 aromatic rings. The Morgan fingerprint density at radius 1 is 1.26 bits per heavy atom. The van der Waals surface area contributed by atoms with Gasteiger partial charge >= 0.3 is 0 Å². The number of benzene rings is 1. The number of carbonyl (C=O) groups excluding carboxylic acids is 1. The molecule has 7 nitrogen and oxygen atoms in total. The fraction of sp³-hybridized carbons (Fsp3) is 0.632. The summed E-state index contributed by atoms with van der Waals surface area (Å²) in [7, 11) is -0.725. The molecule has 0 spiro atoms. The van der Waals surface area contributed by atoms with Crippen LogP contribution in [0.4, 0.5) is 5.69 Å². The van der Waals surface area contributed by atoms with Gasteiger partial charge in [0.1, 0.15) is 10.6 Å². The van der Waals surface area contributed by atoms with Crippen molar-refractivity contribution < 1.29 is 17.9 Å². The normalized spacial score (nSPS) is 24.8. The van der Waals surface area contributed by atoms with Crippen LogP contribution in [-0.4, -0.2) is 51.4 Å². The fourth-order valence-corrected chi connectivity index (χ4v) is 5.13. The predicted octanol–water partition coefficient (Wildman–Crippen LogP) is 2.19. The topological polar surface area (TPSA) is 87.7 Å². The predicted molar refractivity (Wildman–Crippen MR) is 104 cm³/mol. The maximum Gasteiger partial charge on any atom is 0.246 e. The molecule has 2 atom stereocenters. The van der Waals surface area contributed by atoms with Crippen LogP contribution < -0.4 is 15.4 Å². The number of rotatable bonds is 7. The van der Waals surface area contributed by atoms with Crippen molar-refractivity contribution in [2.75, 3.05) is 26.0 Å². The van der Waals surface area contributed by atoms with Gasteiger partial charge in [0, 0.05) is 38.3 Å². The molecule has 1 aromatic carbocycles. The minimum Gasteiger partial charge on any atom is -0.492 e. The summed E-state index contributed by atoms with van der Waals surface area (Å²) in [6, 6.07) is 5.85. The van der Waals surface area contributed by atoms with Gasteiger partial charge in [-0.05, 0) is 56.7 Å². The van der Waals surface area contributed by atoms with E-state index >= 15 is 0 Å². The third-order valence-electron chi connectivity index (χ3n) is 5.33. The molecule has 2 fully saturated rings. The van der Waals surface area contributed by atoms with Gasteiger partial charge in [-0.25, -0.2) is 12.7 Å². The molecule has 2 bridgehead atoms. The second kappa shape index (κ2) is 8.16. The number of amides is 1. The van der Waals surface area contributed by atoms with E-state index in [1.165, 1.54) is 33.0 Å². The Kier molecular flexibility index (Phi) is 6.08. The first-order valence-corrected chi connectivity index (χ1v) is 11.0. The summed E-state index contributed by atoms with van der Waals surface area (Å²) in [6.45, 7) is 2.16. The van der Waals surface area contributed by atoms with E-state index in [0.29, 0.717) is 42.5 Å². The summed E-state index contributed by atoms with van der Waals surface area (Å²) in [4.78, 5) is 12.6. The van der Waals surface area contributed by atoms with Crippen molar-refractivity contribution in [2.24, 2.45) is 5.92 Å². The van der Waals surface area contributed by atoms with Crippen LogP contribution in [0.5, 0.6) is 5.75 Å². The number of carbonyl (C=O) groups is 1. The Morgan fingerprint density at radius 3 is 2.52 bits per heavy atom. The van der Waals surface area contributed by atoms with Crippen molar-refractivity contribution >= 4 is 21.6 Å². The first-order chi connectivity index (χ1) is 12.8. The number of fused-ring (bicyclic) bond motifs is 2. The van der Waals surface area contributed by atoms with E-state index in [1.807, 2.05) is 0 Å². The molecule has 0 saturated carbocycles. The van der Waals surface area contributed by atoms with Crippen molar-refractivity contribution in [3.63, 3.8) is 0 Å². The molecule has 2 aliphatic rings. The number of hydrogen-bond donors (Lipinski definition) is 2. The quantitative estimate of drug-likeness (QED) is 0.739. The van der Waals surface area contributed by atoms with Gasteiger partial charge in [-0.3, -0.25) is 4.79 Å². The van der Waals surface area contributed by atoms with Gasteiger partial charge in [-0.2, -0.15) is 0 Å². The zero-order valence-corrected chi connectivity index (χ0v) is 17.0. The average Bonchev–Trinajstić information content (AvgIpc) is 2.94. The van der Waals surface area contributed by atoms with Crippen molar-refractivity contribution in [1.82, 2.24) is 9.62 Å². The molecule has 0 aromatic heterocycles. The molecule has 3 rings (SSSR count). The molecule has 2 heterocycles. The van der Waals surface area contributed by atoms with Gasteiger partial charge in [0.25, 0.3) is 0 Å². The van der Waals surface area contributed by atoms with Gasteiger partial charge in [-0.15, -0.1) is 0 Å². The second-order valence-electron chi connectivity index (χ2n) is 7.61. The Balaban J connectivity index is 1.71. The largest absolute Gasteiger partial charge is 0.492 e. The van der Waals surface area contributed by atoms with Crippen LogP contribution in [0.25, 0.3) is 0 Å². The molecule has 0 aliphatic carbocycles. The van der Waals surface area contributed by atoms with Crippen LogP contribution >= 0.6 is 0 Å². The highest BCUT2D eigenvalue weighted by atomic mass is 32.2. The van der Waals surface area contributed by atoms with Crippen LogP contribution in [0.15, 0.2) is 23.1 Å². The number of ether oxygens (including phenoxy) is 1. The van der Waals surface area contributed by atoms with Gasteiger partial charge in [0.15, 0.2) is 0 Å². The monoisotopic (exact) mass is 395 g/mol. The molecule has 8 heteroatoms. The van der Waals surface area contributed by atoms with Crippen LogP contribution in [0.1, 0.15) is 39.0 Å². The number of piperidine rings is 1. The van der Waals surface area contributed by atoms with Crippen molar-refractivity contribution in [3.8, 4) is 5.75 Å². The second-order valence-corrected chi connectivity index (χ2v) is 9.73. The first-order valence-electron chi connectivity index (χ1n) is 9.55. The summed E-state index contributed by atoms with van der Waals surface area (Å²) in [6.07, 6.45) is 4.94. The zero-order valence-electron chi connectivity index (χ0n) is 16.2. The SMILES string of the molecule is CCOc1ccc(NC(=O)CC2CC3CCC(C2)N3)cc1S(=O)(=O)N(C)C. The highest BCUT2D eigenvalue weighted by Crippen LogP contribution is 2.33. The van der Waals surface area contributed by atoms with E-state index < -0.39 is 10.0 Å². The molecule has 2 aliphatic heterocycles. The minimum absolute atomic E-state index is 0.0621. The number of nitrogens with zero attached hydrogens (tertiary/aromatic N) is 1. The van der Waals surface area contributed by atoms with Gasteiger partial charge < -0.3 is 15.4 Å². The van der Waals surface area contributed by atoms with Crippen molar-refractivity contribution in [3.05, 3.63) is 18.2 Å². The lowest BCUT2D eigenvalue weighted by Crippen LogP contribution is -2.39. The summed E-state index contributed by atoms with van der Waals surface area (Å²) >= 11 is 0. The van der Waals surface area contributed by atoms with E-state index in [-0.39, 0.29) is 10.8 Å². The van der Waals surface area contributed by atoms with E-state index in [1.54, 1.807) is 19.1 Å². The maximum absolute atomic E-state index is 12.6. The Morgan fingerprint density at radius 2 is 1.93 bits per heavy atom. The highest BCUT2D eigenvalue weighted by molar-refractivity contribution is 7.89. The van der Waals surface area contributed by atoms with Crippen LogP contribution in [0.3, 0.4) is 0 Å². The van der Waals surface area contributed by atoms with Crippen molar-refractivity contribution in [1.29, 1.82) is 0 Å². The standard InChI is InChI=1S/C19H29N3O4S/c1-4-26-17-8-7-16(12-18(17)27(24,25)22(2)3)21-19(23)11-13-9-14-5-6-15(10-13)20-14/h7-8,12-15,20H,4-6,9-11H2,1-3H3,(H,21,23). The molecule has 2 saturated heterocycles. The van der Waals surface area contributed by atoms with E-state index in [4.69, 9.17) is 4.74 Å². The highest BCUT2D eigenvalue weighted by Gasteiger charge is 2.34. The molecule has 150 valence electrons. The Bertz CT molecular complexity index is 782. The van der Waals surface area contributed by atoms with Crippen LogP contribution in [0.2, 0.25) is 0 Å². The van der Waals surface area contributed by atoms with E-state index in [2.05, 4.69) is 10.6 Å². The van der Waals surface area contributed by atoms with Gasteiger partial charge in [0.05, 0.1) is 6.61 Å². The number of anilines is 1. The smallest absolute Gasteiger partial charge is 0.246 e. The third kappa shape index (κ3) is 4.62. The number of hydrogen-bond acceptors (Lipinski definition) is 5. The fourth-order valence-electron chi connectivity index (χ4n) is 4.07. The first kappa shape index (κ1) is 20.1. The lowest BCUT2D eigenvalue weighted by Gasteiger charge is -2.28. The minimum atomic E-state index is -3.67. The Labute approximate surface area is 161 Å². The van der Waals surface area contributed by atoms with Gasteiger partial charge in [-0.1, -0.05) is 0 Å². The van der Waals surface area contributed by atoms with E-state index in [0.717, 1.165) is 17.1 Å². The van der Waals surface area contributed by atoms with E-state index in [9.17, 15) is 13.2 Å². The summed E-state index contributed by atoms with van der Waals surface area (Å²) < 4.78 is 31.8. The maximum atomic E-state index is 12.6. The van der Waals surface area contributed by atoms with Crippen molar-refractivity contribution in [2.45, 2.75) is 56.0 Å². The van der Waals surface area contributed by atoms with Gasteiger partial charge in [0.2, 0.25) is 15.9 Å². The third-order valence-corrected chi connectivity index (χ3v) is 7.17. The molecule has 0 radical (unpaired) electrons. The average molecular weight is 396 g/mol. The molecule has 2 unspecified atom stereocenters. The lowest BCUT2D eigenvalue weighted by atomic mass is 9.89. The lowest BCUT2D eigenvalue weighted by molar-refractivity contribution is -0.117. The van der Waals surface area contributed by atoms with Crippen LogP contribution in [-0.2, 0) is 14.8 Å². The molecule has 2 N–H and O–H groups in total. The molecular formula is C19H29N3O4S. The number of sulfonamides is 1. The summed E-state index contributed by atoms with van der Waals surface area (Å²) in [5.41, 5.74) is 0.473. The molecule has 1 amide bonds. The summed E-state index contributed by atoms with van der Waals surface area (Å²) in [5, 5.41) is 6.44. The number of nitrogens with one attached hydrogen (secondary N) is 2. The molecule has 27 heavy (non-hydrogen) atoms. The molecular weight excluding hydrogens is 366 g/mol. The Hall–Kier alpha value is -1.64. The summed E-state index contributed by atoms with van der Waals surface area (Å²) in [5.74, 6) is 0.606. The van der Waals surface area contributed by atoms with Crippen LogP contribution in [0, 0.1) is 5.92 Å².